The van der Waals surface area contributed by atoms with Crippen molar-refractivity contribution in [2.45, 2.75) is 31.0 Å². The Labute approximate surface area is 127 Å². The van der Waals surface area contributed by atoms with Crippen LogP contribution in [-0.4, -0.2) is 30.0 Å². The van der Waals surface area contributed by atoms with Crippen molar-refractivity contribution in [2.24, 2.45) is 0 Å². The number of hydrogen-bond donors (Lipinski definition) is 1. The maximum atomic E-state index is 13.4. The lowest BCUT2D eigenvalue weighted by atomic mass is 10.0. The second-order valence-corrected chi connectivity index (χ2v) is 6.53. The van der Waals surface area contributed by atoms with Crippen molar-refractivity contribution >= 4 is 10.0 Å². The van der Waals surface area contributed by atoms with Gasteiger partial charge in [-0.25, -0.2) is 17.5 Å². The predicted octanol–water partition coefficient (Wildman–Crippen LogP) is 1.24. The highest BCUT2D eigenvalue weighted by Crippen LogP contribution is 2.33. The lowest BCUT2D eigenvalue weighted by Crippen LogP contribution is -2.32. The van der Waals surface area contributed by atoms with E-state index in [1.165, 1.54) is 29.2 Å². The molecule has 7 nitrogen and oxygen atoms in total. The first kappa shape index (κ1) is 14.9. The summed E-state index contributed by atoms with van der Waals surface area (Å²) in [7, 11) is -3.83. The lowest BCUT2D eigenvalue weighted by molar-refractivity contribution is 0.262. The molecule has 0 radical (unpaired) electrons. The molecule has 1 aliphatic heterocycles. The summed E-state index contributed by atoms with van der Waals surface area (Å²) in [6.07, 6.45) is 1.61. The van der Waals surface area contributed by atoms with Crippen LogP contribution in [0, 0.1) is 5.82 Å². The van der Waals surface area contributed by atoms with Crippen LogP contribution in [0.2, 0.25) is 0 Å². The molecule has 3 rings (SSSR count). The molecular weight excluding hydrogens is 311 g/mol. The van der Waals surface area contributed by atoms with Crippen LogP contribution < -0.4 is 9.46 Å². The molecule has 9 heteroatoms. The molecule has 1 N–H and O–H groups in total. The smallest absolute Gasteiger partial charge is 0.262 e. The van der Waals surface area contributed by atoms with Gasteiger partial charge in [-0.1, -0.05) is 0 Å². The quantitative estimate of drug-likeness (QED) is 0.913. The number of benzene rings is 1. The van der Waals surface area contributed by atoms with Gasteiger partial charge in [-0.3, -0.25) is 0 Å². The number of rotatable bonds is 4. The minimum absolute atomic E-state index is 0.154. The largest absolute Gasteiger partial charge is 0.493 e. The number of nitrogens with zero attached hydrogens (tertiary/aromatic N) is 3. The molecule has 0 aliphatic carbocycles. The molecule has 0 saturated heterocycles. The van der Waals surface area contributed by atoms with Gasteiger partial charge < -0.3 is 4.74 Å². The first-order valence-corrected chi connectivity index (χ1v) is 8.32. The predicted molar refractivity (Wildman–Crippen MR) is 75.3 cm³/mol. The van der Waals surface area contributed by atoms with E-state index < -0.39 is 21.9 Å². The molecule has 1 aromatic carbocycles. The fourth-order valence-corrected chi connectivity index (χ4v) is 3.42. The first-order valence-electron chi connectivity index (χ1n) is 6.84. The van der Waals surface area contributed by atoms with Crippen LogP contribution in [0.15, 0.2) is 29.4 Å². The average Bonchev–Trinajstić information content (AvgIpc) is 2.97. The number of hydrogen-bond acceptors (Lipinski definition) is 5. The van der Waals surface area contributed by atoms with E-state index in [0.29, 0.717) is 30.9 Å². The van der Waals surface area contributed by atoms with Crippen molar-refractivity contribution in [2.75, 3.05) is 6.61 Å². The molecule has 22 heavy (non-hydrogen) atoms. The van der Waals surface area contributed by atoms with Gasteiger partial charge in [0, 0.05) is 12.0 Å². The summed E-state index contributed by atoms with van der Waals surface area (Å²) in [5.74, 6) is 0.0444. The van der Waals surface area contributed by atoms with Crippen LogP contribution >= 0.6 is 0 Å². The molecule has 0 fully saturated rings. The van der Waals surface area contributed by atoms with Crippen LogP contribution in [0.5, 0.6) is 5.75 Å². The van der Waals surface area contributed by atoms with E-state index in [2.05, 4.69) is 14.9 Å². The SMILES string of the molecule is CCn1ncc(S(=O)(=O)NC2CCOc3ccc(F)cc32)n1. The number of sulfonamides is 1. The Balaban J connectivity index is 1.89. The second-order valence-electron chi connectivity index (χ2n) is 4.86. The van der Waals surface area contributed by atoms with Crippen LogP contribution in [0.3, 0.4) is 0 Å². The Morgan fingerprint density at radius 3 is 3.05 bits per heavy atom. The Kier molecular flexibility index (Phi) is 3.83. The summed E-state index contributed by atoms with van der Waals surface area (Å²) in [4.78, 5) is 1.28. The molecular formula is C13H15FN4O3S. The molecule has 1 unspecified atom stereocenters. The van der Waals surface area contributed by atoms with Gasteiger partial charge in [0.15, 0.2) is 0 Å². The monoisotopic (exact) mass is 326 g/mol. The third-order valence-electron chi connectivity index (χ3n) is 3.38. The fourth-order valence-electron chi connectivity index (χ4n) is 2.29. The van der Waals surface area contributed by atoms with E-state index in [0.717, 1.165) is 0 Å². The third-order valence-corrected chi connectivity index (χ3v) is 4.71. The highest BCUT2D eigenvalue weighted by Gasteiger charge is 2.28. The minimum atomic E-state index is -3.83. The van der Waals surface area contributed by atoms with Crippen LogP contribution in [-0.2, 0) is 16.6 Å². The molecule has 118 valence electrons. The van der Waals surface area contributed by atoms with Crippen molar-refractivity contribution in [3.05, 3.63) is 35.8 Å². The maximum Gasteiger partial charge on any atom is 0.262 e. The molecule has 0 saturated carbocycles. The summed E-state index contributed by atoms with van der Waals surface area (Å²) < 4.78 is 46.1. The summed E-state index contributed by atoms with van der Waals surface area (Å²) in [6.45, 7) is 2.63. The molecule has 1 aliphatic rings. The van der Waals surface area contributed by atoms with Gasteiger partial charge in [0.1, 0.15) is 11.6 Å². The second kappa shape index (κ2) is 5.65. The Hall–Kier alpha value is -2.00. The van der Waals surface area contributed by atoms with Crippen molar-refractivity contribution in [3.8, 4) is 5.75 Å². The molecule has 1 atom stereocenters. The van der Waals surface area contributed by atoms with E-state index in [1.54, 1.807) is 6.92 Å². The number of nitrogens with one attached hydrogen (secondary N) is 1. The van der Waals surface area contributed by atoms with Gasteiger partial charge in [0.2, 0.25) is 5.03 Å². The van der Waals surface area contributed by atoms with E-state index in [1.807, 2.05) is 0 Å². The van der Waals surface area contributed by atoms with E-state index >= 15 is 0 Å². The van der Waals surface area contributed by atoms with E-state index in [9.17, 15) is 12.8 Å². The molecule has 2 heterocycles. The molecule has 2 aromatic rings. The number of aromatic nitrogens is 3. The van der Waals surface area contributed by atoms with Gasteiger partial charge in [-0.05, 0) is 25.1 Å². The summed E-state index contributed by atoms with van der Waals surface area (Å²) >= 11 is 0. The van der Waals surface area contributed by atoms with Crippen LogP contribution in [0.4, 0.5) is 4.39 Å². The summed E-state index contributed by atoms with van der Waals surface area (Å²) in [6, 6.07) is 3.50. The zero-order valence-electron chi connectivity index (χ0n) is 11.9. The normalized spacial score (nSPS) is 17.8. The number of ether oxygens (including phenoxy) is 1. The van der Waals surface area contributed by atoms with Gasteiger partial charge in [0.05, 0.1) is 25.4 Å². The highest BCUT2D eigenvalue weighted by atomic mass is 32.2. The number of halogens is 1. The number of aryl methyl sites for hydroxylation is 1. The summed E-state index contributed by atoms with van der Waals surface area (Å²) in [5, 5.41) is 7.59. The topological polar surface area (TPSA) is 86.1 Å². The Morgan fingerprint density at radius 2 is 2.32 bits per heavy atom. The lowest BCUT2D eigenvalue weighted by Gasteiger charge is -2.26. The zero-order valence-corrected chi connectivity index (χ0v) is 12.7. The van der Waals surface area contributed by atoms with Crippen molar-refractivity contribution in [3.63, 3.8) is 0 Å². The van der Waals surface area contributed by atoms with Crippen LogP contribution in [0.1, 0.15) is 24.9 Å². The molecule has 0 amide bonds. The minimum Gasteiger partial charge on any atom is -0.493 e. The third kappa shape index (κ3) is 2.81. The number of fused-ring (bicyclic) bond motifs is 1. The van der Waals surface area contributed by atoms with Gasteiger partial charge in [-0.2, -0.15) is 9.90 Å². The Bertz CT molecular complexity index is 790. The van der Waals surface area contributed by atoms with Crippen molar-refractivity contribution < 1.29 is 17.5 Å². The standard InChI is InChI=1S/C13H15FN4O3S/c1-2-18-15-8-13(16-18)22(19,20)17-11-5-6-21-12-4-3-9(14)7-10(11)12/h3-4,7-8,11,17H,2,5-6H2,1H3. The maximum absolute atomic E-state index is 13.4. The first-order chi connectivity index (χ1) is 10.5. The van der Waals surface area contributed by atoms with Gasteiger partial charge in [-0.15, -0.1) is 5.10 Å². The Morgan fingerprint density at radius 1 is 1.50 bits per heavy atom. The highest BCUT2D eigenvalue weighted by molar-refractivity contribution is 7.89. The van der Waals surface area contributed by atoms with E-state index in [4.69, 9.17) is 4.74 Å². The fraction of sp³-hybridized carbons (Fsp3) is 0.385. The van der Waals surface area contributed by atoms with E-state index in [-0.39, 0.29) is 5.03 Å². The van der Waals surface area contributed by atoms with Gasteiger partial charge in [0.25, 0.3) is 10.0 Å². The molecule has 0 bridgehead atoms. The van der Waals surface area contributed by atoms with Crippen molar-refractivity contribution in [1.29, 1.82) is 0 Å². The summed E-state index contributed by atoms with van der Waals surface area (Å²) in [5.41, 5.74) is 0.484. The average molecular weight is 326 g/mol. The van der Waals surface area contributed by atoms with Crippen LogP contribution in [0.25, 0.3) is 0 Å². The molecule has 1 aromatic heterocycles. The van der Waals surface area contributed by atoms with Gasteiger partial charge >= 0.3 is 0 Å². The molecule has 0 spiro atoms. The zero-order chi connectivity index (χ0) is 15.7. The van der Waals surface area contributed by atoms with Crippen molar-refractivity contribution in [1.82, 2.24) is 19.7 Å².